The van der Waals surface area contributed by atoms with Crippen LogP contribution in [0.4, 0.5) is 0 Å². The van der Waals surface area contributed by atoms with E-state index in [1.165, 1.54) is 25.9 Å². The highest BCUT2D eigenvalue weighted by Gasteiger charge is 2.32. The Labute approximate surface area is 98.4 Å². The molecule has 0 unspecified atom stereocenters. The van der Waals surface area contributed by atoms with Crippen LogP contribution in [0.1, 0.15) is 12.8 Å². The van der Waals surface area contributed by atoms with Gasteiger partial charge in [-0.1, -0.05) is 0 Å². The molecule has 0 radical (unpaired) electrons. The smallest absolute Gasteiger partial charge is 0.277 e. The Hall–Kier alpha value is -0.610. The van der Waals surface area contributed by atoms with E-state index in [9.17, 15) is 4.79 Å². The fourth-order valence-corrected chi connectivity index (χ4v) is 2.74. The summed E-state index contributed by atoms with van der Waals surface area (Å²) < 4.78 is 0.963. The minimum atomic E-state index is 0.359. The molecule has 0 bridgehead atoms. The lowest BCUT2D eigenvalue weighted by Crippen LogP contribution is -2.53. The first-order chi connectivity index (χ1) is 7.59. The zero-order chi connectivity index (χ0) is 11.6. The molecule has 1 amide bonds. The lowest BCUT2D eigenvalue weighted by molar-refractivity contribution is -0.890. The van der Waals surface area contributed by atoms with E-state index in [0.29, 0.717) is 12.5 Å². The summed E-state index contributed by atoms with van der Waals surface area (Å²) in [5, 5.41) is 0. The first kappa shape index (κ1) is 11.9. The lowest BCUT2D eigenvalue weighted by Gasteiger charge is -2.35. The highest BCUT2D eigenvalue weighted by Crippen LogP contribution is 2.16. The van der Waals surface area contributed by atoms with Crippen molar-refractivity contribution in [3.8, 4) is 0 Å². The Morgan fingerprint density at radius 2 is 1.69 bits per heavy atom. The molecule has 16 heavy (non-hydrogen) atoms. The average Bonchev–Trinajstić information content (AvgIpc) is 2.65. The summed E-state index contributed by atoms with van der Waals surface area (Å²) in [7, 11) is 4.34. The number of rotatable bonds is 2. The predicted molar refractivity (Wildman–Crippen MR) is 64.1 cm³/mol. The quantitative estimate of drug-likeness (QED) is 0.619. The summed E-state index contributed by atoms with van der Waals surface area (Å²) in [6.45, 7) is 6.94. The van der Waals surface area contributed by atoms with E-state index in [0.717, 1.165) is 30.7 Å². The molecule has 2 aliphatic heterocycles. The van der Waals surface area contributed by atoms with Crippen molar-refractivity contribution in [2.45, 2.75) is 12.8 Å². The van der Waals surface area contributed by atoms with Crippen LogP contribution in [0.15, 0.2) is 0 Å². The minimum absolute atomic E-state index is 0.359. The second-order valence-corrected chi connectivity index (χ2v) is 5.62. The van der Waals surface area contributed by atoms with Gasteiger partial charge in [0.05, 0.1) is 20.1 Å². The maximum absolute atomic E-state index is 12.2. The first-order valence-electron chi connectivity index (χ1n) is 6.39. The van der Waals surface area contributed by atoms with Crippen molar-refractivity contribution in [3.63, 3.8) is 0 Å². The summed E-state index contributed by atoms with van der Waals surface area (Å²) in [5.74, 6) is 0.359. The first-order valence-corrected chi connectivity index (χ1v) is 6.39. The molecule has 0 spiro atoms. The molecule has 92 valence electrons. The number of carbonyl (C=O) groups is 1. The molecule has 0 aliphatic carbocycles. The molecule has 0 aromatic rings. The molecule has 0 aromatic heterocycles. The molecular formula is C12H24N3O+. The van der Waals surface area contributed by atoms with Gasteiger partial charge < -0.3 is 14.3 Å². The molecule has 0 atom stereocenters. The third-order valence-electron chi connectivity index (χ3n) is 4.02. The van der Waals surface area contributed by atoms with Gasteiger partial charge >= 0.3 is 0 Å². The number of likely N-dealkylation sites (N-methyl/N-ethyl adjacent to an activating group) is 2. The molecule has 2 aliphatic rings. The van der Waals surface area contributed by atoms with E-state index in [-0.39, 0.29) is 0 Å². The van der Waals surface area contributed by atoms with Crippen LogP contribution < -0.4 is 0 Å². The molecule has 4 heteroatoms. The van der Waals surface area contributed by atoms with Gasteiger partial charge in [-0.05, 0) is 7.05 Å². The van der Waals surface area contributed by atoms with Crippen LogP contribution in [0, 0.1) is 0 Å². The maximum atomic E-state index is 12.2. The number of likely N-dealkylation sites (tertiary alicyclic amines) is 1. The Morgan fingerprint density at radius 1 is 1.12 bits per heavy atom. The Balaban J connectivity index is 1.83. The molecule has 2 saturated heterocycles. The minimum Gasteiger partial charge on any atom is -0.335 e. The van der Waals surface area contributed by atoms with Gasteiger partial charge in [0.2, 0.25) is 0 Å². The second kappa shape index (κ2) is 4.72. The van der Waals surface area contributed by atoms with Gasteiger partial charge in [0.25, 0.3) is 5.91 Å². The van der Waals surface area contributed by atoms with E-state index < -0.39 is 0 Å². The van der Waals surface area contributed by atoms with Gasteiger partial charge in [-0.2, -0.15) is 0 Å². The van der Waals surface area contributed by atoms with Crippen LogP contribution in [0.2, 0.25) is 0 Å². The van der Waals surface area contributed by atoms with Crippen molar-refractivity contribution < 1.29 is 9.28 Å². The van der Waals surface area contributed by atoms with Gasteiger partial charge in [0.15, 0.2) is 6.54 Å². The molecule has 0 N–H and O–H groups in total. The fourth-order valence-electron chi connectivity index (χ4n) is 2.74. The third kappa shape index (κ3) is 2.74. The van der Waals surface area contributed by atoms with Crippen molar-refractivity contribution in [2.24, 2.45) is 0 Å². The van der Waals surface area contributed by atoms with Crippen molar-refractivity contribution in [1.29, 1.82) is 0 Å². The fraction of sp³-hybridized carbons (Fsp3) is 0.917. The number of piperazine rings is 1. The van der Waals surface area contributed by atoms with Gasteiger partial charge in [0, 0.05) is 39.0 Å². The number of carbonyl (C=O) groups excluding carboxylic acids is 1. The lowest BCUT2D eigenvalue weighted by atomic mass is 10.3. The highest BCUT2D eigenvalue weighted by atomic mass is 16.2. The second-order valence-electron chi connectivity index (χ2n) is 5.62. The van der Waals surface area contributed by atoms with E-state index >= 15 is 0 Å². The normalized spacial score (nSPS) is 26.0. The van der Waals surface area contributed by atoms with E-state index in [1.54, 1.807) is 0 Å². The van der Waals surface area contributed by atoms with Crippen molar-refractivity contribution in [1.82, 2.24) is 9.80 Å². The molecule has 2 heterocycles. The summed E-state index contributed by atoms with van der Waals surface area (Å²) in [5.41, 5.74) is 0. The molecule has 0 saturated carbocycles. The zero-order valence-electron chi connectivity index (χ0n) is 10.6. The van der Waals surface area contributed by atoms with Gasteiger partial charge in [-0.15, -0.1) is 0 Å². The summed E-state index contributed by atoms with van der Waals surface area (Å²) in [6.07, 6.45) is 2.57. The van der Waals surface area contributed by atoms with Gasteiger partial charge in [-0.3, -0.25) is 4.79 Å². The van der Waals surface area contributed by atoms with Crippen LogP contribution in [0.25, 0.3) is 0 Å². The van der Waals surface area contributed by atoms with Crippen molar-refractivity contribution >= 4 is 5.91 Å². The molecule has 0 aromatic carbocycles. The highest BCUT2D eigenvalue weighted by molar-refractivity contribution is 5.77. The number of amides is 1. The SMILES string of the molecule is CN1CCN(C(=O)C[N+]2(C)CCCC2)CC1. The topological polar surface area (TPSA) is 23.6 Å². The number of quaternary nitrogens is 1. The molecule has 2 rings (SSSR count). The summed E-state index contributed by atoms with van der Waals surface area (Å²) >= 11 is 0. The number of nitrogens with zero attached hydrogens (tertiary/aromatic N) is 3. The average molecular weight is 226 g/mol. The predicted octanol–water partition coefficient (Wildman–Crippen LogP) is 0.000800. The van der Waals surface area contributed by atoms with Gasteiger partial charge in [-0.25, -0.2) is 0 Å². The standard InChI is InChI=1S/C12H24N3O/c1-13-5-7-14(8-6-13)12(16)11-15(2)9-3-4-10-15/h3-11H2,1-2H3/q+1. The van der Waals surface area contributed by atoms with Gasteiger partial charge in [0.1, 0.15) is 0 Å². The Kier molecular flexibility index (Phi) is 3.50. The van der Waals surface area contributed by atoms with Crippen molar-refractivity contribution in [2.75, 3.05) is 59.9 Å². The molecular weight excluding hydrogens is 202 g/mol. The van der Waals surface area contributed by atoms with Crippen LogP contribution in [0.3, 0.4) is 0 Å². The van der Waals surface area contributed by atoms with Crippen LogP contribution in [-0.2, 0) is 4.79 Å². The maximum Gasteiger partial charge on any atom is 0.277 e. The van der Waals surface area contributed by atoms with Crippen LogP contribution in [-0.4, -0.2) is 80.1 Å². The van der Waals surface area contributed by atoms with Crippen LogP contribution in [0.5, 0.6) is 0 Å². The monoisotopic (exact) mass is 226 g/mol. The third-order valence-corrected chi connectivity index (χ3v) is 4.02. The number of hydrogen-bond donors (Lipinski definition) is 0. The zero-order valence-corrected chi connectivity index (χ0v) is 10.6. The van der Waals surface area contributed by atoms with E-state index in [4.69, 9.17) is 0 Å². The Bertz CT molecular complexity index is 253. The van der Waals surface area contributed by atoms with Crippen LogP contribution >= 0.6 is 0 Å². The van der Waals surface area contributed by atoms with Crippen molar-refractivity contribution in [3.05, 3.63) is 0 Å². The number of hydrogen-bond acceptors (Lipinski definition) is 2. The van der Waals surface area contributed by atoms with E-state index in [2.05, 4.69) is 19.0 Å². The Morgan fingerprint density at radius 3 is 2.25 bits per heavy atom. The molecule has 2 fully saturated rings. The summed E-state index contributed by atoms with van der Waals surface area (Å²) in [4.78, 5) is 16.5. The van der Waals surface area contributed by atoms with E-state index in [1.807, 2.05) is 4.90 Å². The molecule has 4 nitrogen and oxygen atoms in total. The largest absolute Gasteiger partial charge is 0.335 e. The summed E-state index contributed by atoms with van der Waals surface area (Å²) in [6, 6.07) is 0.